The average molecular weight is 414 g/mol. The molecule has 0 heterocycles. The summed E-state index contributed by atoms with van der Waals surface area (Å²) in [7, 11) is -1.95. The van der Waals surface area contributed by atoms with Crippen LogP contribution in [0, 0.1) is 0 Å². The molecule has 26 heavy (non-hydrogen) atoms. The van der Waals surface area contributed by atoms with Crippen molar-refractivity contribution in [3.05, 3.63) is 58.6 Å². The van der Waals surface area contributed by atoms with Gasteiger partial charge in [0.25, 0.3) is 0 Å². The number of sulfonamides is 1. The summed E-state index contributed by atoms with van der Waals surface area (Å²) >= 11 is 7.76. The number of rotatable bonds is 9. The third-order valence-corrected chi connectivity index (χ3v) is 6.72. The van der Waals surface area contributed by atoms with E-state index in [1.807, 2.05) is 38.1 Å². The van der Waals surface area contributed by atoms with Crippen molar-refractivity contribution in [2.24, 2.45) is 0 Å². The predicted octanol–water partition coefficient (Wildman–Crippen LogP) is 4.68. The fourth-order valence-electron chi connectivity index (χ4n) is 2.46. The van der Waals surface area contributed by atoms with Crippen molar-refractivity contribution in [1.29, 1.82) is 0 Å². The lowest BCUT2D eigenvalue weighted by atomic mass is 10.0. The van der Waals surface area contributed by atoms with E-state index in [9.17, 15) is 8.42 Å². The Morgan fingerprint density at radius 3 is 2.58 bits per heavy atom. The molecule has 7 heteroatoms. The lowest BCUT2D eigenvalue weighted by Gasteiger charge is -2.14. The normalized spacial score (nSPS) is 11.7. The lowest BCUT2D eigenvalue weighted by Crippen LogP contribution is -2.26. The topological polar surface area (TPSA) is 55.4 Å². The maximum atomic E-state index is 12.5. The van der Waals surface area contributed by atoms with E-state index in [0.29, 0.717) is 18.0 Å². The molecule has 1 N–H and O–H groups in total. The van der Waals surface area contributed by atoms with Gasteiger partial charge in [0.1, 0.15) is 5.75 Å². The summed E-state index contributed by atoms with van der Waals surface area (Å²) < 4.78 is 33.0. The average Bonchev–Trinajstić information content (AvgIpc) is 2.62. The SMILES string of the molecule is COc1ccc(S(=O)(=O)NCCSCc2ccccc2Cl)cc1C(C)C. The van der Waals surface area contributed by atoms with Gasteiger partial charge >= 0.3 is 0 Å². The summed E-state index contributed by atoms with van der Waals surface area (Å²) in [6.07, 6.45) is 0. The summed E-state index contributed by atoms with van der Waals surface area (Å²) in [6.45, 7) is 4.38. The van der Waals surface area contributed by atoms with Crippen LogP contribution in [0.5, 0.6) is 5.75 Å². The number of ether oxygens (including phenoxy) is 1. The number of nitrogens with one attached hydrogen (secondary N) is 1. The predicted molar refractivity (Wildman–Crippen MR) is 110 cm³/mol. The summed E-state index contributed by atoms with van der Waals surface area (Å²) in [5.74, 6) is 2.29. The molecule has 0 unspecified atom stereocenters. The second-order valence-corrected chi connectivity index (χ2v) is 9.38. The summed E-state index contributed by atoms with van der Waals surface area (Å²) in [5.41, 5.74) is 1.93. The van der Waals surface area contributed by atoms with Crippen LogP contribution >= 0.6 is 23.4 Å². The highest BCUT2D eigenvalue weighted by Gasteiger charge is 2.17. The first-order valence-corrected chi connectivity index (χ1v) is 11.4. The van der Waals surface area contributed by atoms with Crippen LogP contribution in [0.3, 0.4) is 0 Å². The molecule has 2 aromatic carbocycles. The van der Waals surface area contributed by atoms with E-state index in [1.54, 1.807) is 37.1 Å². The molecule has 0 aliphatic carbocycles. The van der Waals surface area contributed by atoms with Crippen molar-refractivity contribution in [2.45, 2.75) is 30.4 Å². The minimum absolute atomic E-state index is 0.172. The zero-order valence-electron chi connectivity index (χ0n) is 15.2. The van der Waals surface area contributed by atoms with Gasteiger partial charge in [-0.2, -0.15) is 11.8 Å². The van der Waals surface area contributed by atoms with Crippen molar-refractivity contribution >= 4 is 33.4 Å². The van der Waals surface area contributed by atoms with E-state index in [-0.39, 0.29) is 10.8 Å². The Morgan fingerprint density at radius 2 is 1.92 bits per heavy atom. The van der Waals surface area contributed by atoms with E-state index in [1.165, 1.54) is 0 Å². The standard InChI is InChI=1S/C19H24ClNO3S2/c1-14(2)17-12-16(8-9-19(17)24-3)26(22,23)21-10-11-25-13-15-6-4-5-7-18(15)20/h4-9,12,14,21H,10-11,13H2,1-3H3. The van der Waals surface area contributed by atoms with Crippen LogP contribution in [0.2, 0.25) is 5.02 Å². The third kappa shape index (κ3) is 5.64. The van der Waals surface area contributed by atoms with Gasteiger partial charge in [0.2, 0.25) is 10.0 Å². The molecular formula is C19H24ClNO3S2. The van der Waals surface area contributed by atoms with Gasteiger partial charge in [0, 0.05) is 23.1 Å². The van der Waals surface area contributed by atoms with Crippen LogP contribution in [0.1, 0.15) is 30.9 Å². The van der Waals surface area contributed by atoms with Crippen molar-refractivity contribution in [1.82, 2.24) is 4.72 Å². The Balaban J connectivity index is 1.92. The molecule has 0 saturated carbocycles. The zero-order chi connectivity index (χ0) is 19.2. The first-order chi connectivity index (χ1) is 12.3. The van der Waals surface area contributed by atoms with Crippen LogP contribution < -0.4 is 9.46 Å². The smallest absolute Gasteiger partial charge is 0.240 e. The molecule has 0 aliphatic heterocycles. The molecule has 142 valence electrons. The molecule has 0 fully saturated rings. The van der Waals surface area contributed by atoms with Crippen molar-refractivity contribution in [3.63, 3.8) is 0 Å². The molecule has 2 aromatic rings. The molecule has 4 nitrogen and oxygen atoms in total. The quantitative estimate of drug-likeness (QED) is 0.606. The van der Waals surface area contributed by atoms with Crippen LogP contribution in [-0.2, 0) is 15.8 Å². The van der Waals surface area contributed by atoms with E-state index in [2.05, 4.69) is 4.72 Å². The number of methoxy groups -OCH3 is 1. The second kappa shape index (κ2) is 9.65. The largest absolute Gasteiger partial charge is 0.496 e. The Morgan fingerprint density at radius 1 is 1.19 bits per heavy atom. The van der Waals surface area contributed by atoms with Crippen molar-refractivity contribution in [3.8, 4) is 5.75 Å². The van der Waals surface area contributed by atoms with Gasteiger partial charge in [0.15, 0.2) is 0 Å². The van der Waals surface area contributed by atoms with Crippen LogP contribution in [0.15, 0.2) is 47.4 Å². The first kappa shape index (κ1) is 21.1. The Kier molecular flexibility index (Phi) is 7.83. The molecule has 0 bridgehead atoms. The number of halogens is 1. The van der Waals surface area contributed by atoms with E-state index < -0.39 is 10.0 Å². The van der Waals surface area contributed by atoms with Crippen LogP contribution in [-0.4, -0.2) is 27.8 Å². The molecule has 0 aromatic heterocycles. The first-order valence-electron chi connectivity index (χ1n) is 8.34. The van der Waals surface area contributed by atoms with Gasteiger partial charge in [-0.25, -0.2) is 13.1 Å². The number of hydrogen-bond acceptors (Lipinski definition) is 4. The highest BCUT2D eigenvalue weighted by molar-refractivity contribution is 7.98. The minimum Gasteiger partial charge on any atom is -0.496 e. The monoisotopic (exact) mass is 413 g/mol. The number of benzene rings is 2. The van der Waals surface area contributed by atoms with Gasteiger partial charge in [0.05, 0.1) is 12.0 Å². The fourth-order valence-corrected chi connectivity index (χ4v) is 4.80. The Hall–Kier alpha value is -1.21. The van der Waals surface area contributed by atoms with Gasteiger partial charge in [-0.3, -0.25) is 0 Å². The number of thioether (sulfide) groups is 1. The maximum Gasteiger partial charge on any atom is 0.240 e. The molecule has 0 aliphatic rings. The maximum absolute atomic E-state index is 12.5. The highest BCUT2D eigenvalue weighted by Crippen LogP contribution is 2.28. The van der Waals surface area contributed by atoms with Crippen molar-refractivity contribution in [2.75, 3.05) is 19.4 Å². The molecule has 0 atom stereocenters. The number of hydrogen-bond donors (Lipinski definition) is 1. The lowest BCUT2D eigenvalue weighted by molar-refractivity contribution is 0.407. The van der Waals surface area contributed by atoms with Crippen LogP contribution in [0.25, 0.3) is 0 Å². The minimum atomic E-state index is -3.54. The highest BCUT2D eigenvalue weighted by atomic mass is 35.5. The van der Waals surface area contributed by atoms with Crippen molar-refractivity contribution < 1.29 is 13.2 Å². The molecule has 0 amide bonds. The van der Waals surface area contributed by atoms with Crippen LogP contribution in [0.4, 0.5) is 0 Å². The molecule has 0 spiro atoms. The summed E-state index contributed by atoms with van der Waals surface area (Å²) in [4.78, 5) is 0.262. The van der Waals surface area contributed by atoms with E-state index in [4.69, 9.17) is 16.3 Å². The van der Waals surface area contributed by atoms with E-state index >= 15 is 0 Å². The van der Waals surface area contributed by atoms with E-state index in [0.717, 1.165) is 21.9 Å². The summed E-state index contributed by atoms with van der Waals surface area (Å²) in [5, 5.41) is 0.736. The molecule has 0 saturated heterocycles. The summed E-state index contributed by atoms with van der Waals surface area (Å²) in [6, 6.07) is 12.6. The second-order valence-electron chi connectivity index (χ2n) is 6.10. The van der Waals surface area contributed by atoms with Gasteiger partial charge in [-0.1, -0.05) is 43.6 Å². The fraction of sp³-hybridized carbons (Fsp3) is 0.368. The molecule has 0 radical (unpaired) electrons. The van der Waals surface area contributed by atoms with Gasteiger partial charge < -0.3 is 4.74 Å². The molecule has 2 rings (SSSR count). The molecular weight excluding hydrogens is 390 g/mol. The third-order valence-electron chi connectivity index (χ3n) is 3.89. The van der Waals surface area contributed by atoms with Gasteiger partial charge in [-0.15, -0.1) is 0 Å². The zero-order valence-corrected chi connectivity index (χ0v) is 17.5. The Labute approximate surface area is 165 Å². The Bertz CT molecular complexity index is 838. The van der Waals surface area contributed by atoms with Gasteiger partial charge in [-0.05, 0) is 41.3 Å².